The zero-order valence-corrected chi connectivity index (χ0v) is 24.5. The van der Waals surface area contributed by atoms with Gasteiger partial charge in [-0.1, -0.05) is 140 Å². The van der Waals surface area contributed by atoms with Gasteiger partial charge in [0, 0.05) is 10.9 Å². The molecule has 0 radical (unpaired) electrons. The van der Waals surface area contributed by atoms with Crippen molar-refractivity contribution < 1.29 is 4.42 Å². The third kappa shape index (κ3) is 4.09. The summed E-state index contributed by atoms with van der Waals surface area (Å²) in [5, 5.41) is 8.60. The maximum atomic E-state index is 6.19. The molecule has 0 atom stereocenters. The van der Waals surface area contributed by atoms with E-state index in [1.54, 1.807) is 6.08 Å². The van der Waals surface area contributed by atoms with Gasteiger partial charge in [0.1, 0.15) is 11.3 Å². The molecule has 0 unspecified atom stereocenters. The maximum absolute atomic E-state index is 6.19. The van der Waals surface area contributed by atoms with Crippen LogP contribution in [0.25, 0.3) is 82.7 Å². The molecule has 1 heterocycles. The van der Waals surface area contributed by atoms with Gasteiger partial charge in [-0.05, 0) is 90.8 Å². The summed E-state index contributed by atoms with van der Waals surface area (Å²) in [5.41, 5.74) is 9.44. The number of fused-ring (bicyclic) bond motifs is 4. The van der Waals surface area contributed by atoms with Crippen molar-refractivity contribution in [1.29, 1.82) is 0 Å². The number of furan rings is 1. The molecule has 208 valence electrons. The van der Waals surface area contributed by atoms with Crippen LogP contribution < -0.4 is 0 Å². The lowest BCUT2D eigenvalue weighted by Crippen LogP contribution is -1.93. The lowest BCUT2D eigenvalue weighted by Gasteiger charge is -2.20. The molecule has 0 saturated carbocycles. The van der Waals surface area contributed by atoms with Crippen LogP contribution in [0.2, 0.25) is 0 Å². The first-order chi connectivity index (χ1) is 21.7. The average molecular weight is 563 g/mol. The van der Waals surface area contributed by atoms with Gasteiger partial charge in [0.05, 0.1) is 0 Å². The fraction of sp³-hybridized carbons (Fsp3) is 0.0233. The molecule has 8 aromatic rings. The van der Waals surface area contributed by atoms with Gasteiger partial charge in [0.15, 0.2) is 0 Å². The van der Waals surface area contributed by atoms with E-state index in [9.17, 15) is 0 Å². The summed E-state index contributed by atoms with van der Waals surface area (Å²) in [4.78, 5) is 0. The Hall–Kier alpha value is -5.66. The molecule has 0 saturated heterocycles. The molecule has 1 nitrogen and oxygen atoms in total. The van der Waals surface area contributed by atoms with Gasteiger partial charge >= 0.3 is 0 Å². The minimum absolute atomic E-state index is 0.868. The van der Waals surface area contributed by atoms with Crippen LogP contribution in [0.5, 0.6) is 0 Å². The van der Waals surface area contributed by atoms with Crippen LogP contribution >= 0.6 is 0 Å². The van der Waals surface area contributed by atoms with Crippen molar-refractivity contribution in [2.24, 2.45) is 0 Å². The van der Waals surface area contributed by atoms with E-state index in [1.165, 1.54) is 65.7 Å². The molecular weight excluding hydrogens is 532 g/mol. The summed E-state index contributed by atoms with van der Waals surface area (Å²) in [6, 6.07) is 48.5. The van der Waals surface area contributed by atoms with Crippen LogP contribution in [0.3, 0.4) is 0 Å². The standard InChI is InChI=1S/C43H30O/c1-3-4-24-40-28(2)39-27-30(25-26-41(39)44-40)42-35-19-9-11-21-37(35)43(38-22-12-10-20-36(38)42)34-18-8-7-17-33(34)32-23-13-15-29-14-5-6-16-31(29)32/h3-27H,1H2,2H3/b24-4-. The van der Waals surface area contributed by atoms with Crippen molar-refractivity contribution in [1.82, 2.24) is 0 Å². The molecule has 44 heavy (non-hydrogen) atoms. The second-order valence-electron chi connectivity index (χ2n) is 11.3. The fourth-order valence-electron chi connectivity index (χ4n) is 6.84. The van der Waals surface area contributed by atoms with E-state index in [2.05, 4.69) is 147 Å². The van der Waals surface area contributed by atoms with Gasteiger partial charge in [-0.2, -0.15) is 0 Å². The molecule has 7 aromatic carbocycles. The van der Waals surface area contributed by atoms with Crippen LogP contribution in [0, 0.1) is 6.92 Å². The highest BCUT2D eigenvalue weighted by Crippen LogP contribution is 2.47. The first kappa shape index (κ1) is 26.0. The third-order valence-corrected chi connectivity index (χ3v) is 8.85. The minimum Gasteiger partial charge on any atom is -0.456 e. The summed E-state index contributed by atoms with van der Waals surface area (Å²) in [6.07, 6.45) is 5.67. The van der Waals surface area contributed by atoms with E-state index in [1.807, 2.05) is 12.2 Å². The summed E-state index contributed by atoms with van der Waals surface area (Å²) >= 11 is 0. The molecular formula is C43H30O. The van der Waals surface area contributed by atoms with Crippen LogP contribution in [-0.2, 0) is 0 Å². The van der Waals surface area contributed by atoms with Gasteiger partial charge in [-0.25, -0.2) is 0 Å². The van der Waals surface area contributed by atoms with Crippen LogP contribution in [0.1, 0.15) is 11.3 Å². The Kier molecular flexibility index (Phi) is 6.24. The van der Waals surface area contributed by atoms with Crippen molar-refractivity contribution >= 4 is 49.4 Å². The molecule has 8 rings (SSSR count). The molecule has 1 aromatic heterocycles. The van der Waals surface area contributed by atoms with Crippen LogP contribution in [0.15, 0.2) is 157 Å². The summed E-state index contributed by atoms with van der Waals surface area (Å²) < 4.78 is 6.19. The normalized spacial score (nSPS) is 11.8. The van der Waals surface area contributed by atoms with Crippen molar-refractivity contribution in [3.63, 3.8) is 0 Å². The van der Waals surface area contributed by atoms with Gasteiger partial charge < -0.3 is 4.42 Å². The Bertz CT molecular complexity index is 2360. The predicted octanol–water partition coefficient (Wildman–Crippen LogP) is 12.4. The molecule has 1 heteroatoms. The van der Waals surface area contributed by atoms with Gasteiger partial charge in [0.2, 0.25) is 0 Å². The second-order valence-corrected chi connectivity index (χ2v) is 11.3. The summed E-state index contributed by atoms with van der Waals surface area (Å²) in [7, 11) is 0. The second kappa shape index (κ2) is 10.6. The number of benzene rings is 7. The van der Waals surface area contributed by atoms with E-state index < -0.39 is 0 Å². The predicted molar refractivity (Wildman–Crippen MR) is 189 cm³/mol. The first-order valence-electron chi connectivity index (χ1n) is 15.1. The number of hydrogen-bond acceptors (Lipinski definition) is 1. The zero-order chi connectivity index (χ0) is 29.6. The fourth-order valence-corrected chi connectivity index (χ4v) is 6.84. The first-order valence-corrected chi connectivity index (χ1v) is 15.1. The van der Waals surface area contributed by atoms with Crippen LogP contribution in [-0.4, -0.2) is 0 Å². The Labute approximate surface area is 257 Å². The summed E-state index contributed by atoms with van der Waals surface area (Å²) in [5.74, 6) is 0.868. The molecule has 0 aliphatic heterocycles. The highest BCUT2D eigenvalue weighted by molar-refractivity contribution is 6.23. The average Bonchev–Trinajstić information content (AvgIpc) is 3.40. The van der Waals surface area contributed by atoms with Crippen molar-refractivity contribution in [2.75, 3.05) is 0 Å². The molecule has 0 amide bonds. The van der Waals surface area contributed by atoms with Crippen molar-refractivity contribution in [3.8, 4) is 33.4 Å². The number of allylic oxidation sites excluding steroid dienone is 2. The van der Waals surface area contributed by atoms with E-state index in [4.69, 9.17) is 4.42 Å². The van der Waals surface area contributed by atoms with Crippen LogP contribution in [0.4, 0.5) is 0 Å². The van der Waals surface area contributed by atoms with Gasteiger partial charge in [0.25, 0.3) is 0 Å². The minimum atomic E-state index is 0.868. The number of aryl methyl sites for hydroxylation is 1. The Morgan fingerprint density at radius 1 is 0.523 bits per heavy atom. The van der Waals surface area contributed by atoms with E-state index in [0.29, 0.717) is 0 Å². The van der Waals surface area contributed by atoms with Crippen molar-refractivity contribution in [2.45, 2.75) is 6.92 Å². The monoisotopic (exact) mass is 562 g/mol. The molecule has 0 bridgehead atoms. The van der Waals surface area contributed by atoms with E-state index >= 15 is 0 Å². The molecule has 0 aliphatic rings. The Morgan fingerprint density at radius 3 is 1.80 bits per heavy atom. The largest absolute Gasteiger partial charge is 0.456 e. The zero-order valence-electron chi connectivity index (χ0n) is 24.5. The highest BCUT2D eigenvalue weighted by atomic mass is 16.3. The third-order valence-electron chi connectivity index (χ3n) is 8.85. The maximum Gasteiger partial charge on any atom is 0.135 e. The van der Waals surface area contributed by atoms with E-state index in [0.717, 1.165) is 22.3 Å². The topological polar surface area (TPSA) is 13.1 Å². The molecule has 0 fully saturated rings. The number of rotatable bonds is 5. The van der Waals surface area contributed by atoms with E-state index in [-0.39, 0.29) is 0 Å². The smallest absolute Gasteiger partial charge is 0.135 e. The SMILES string of the molecule is C=C/C=C\c1oc2ccc(-c3c4ccccc4c(-c4ccccc4-c4cccc5ccccc45)c4ccccc34)cc2c1C. The molecule has 0 N–H and O–H groups in total. The Balaban J connectivity index is 1.44. The molecule has 0 aliphatic carbocycles. The number of hydrogen-bond donors (Lipinski definition) is 0. The van der Waals surface area contributed by atoms with Crippen molar-refractivity contribution in [3.05, 3.63) is 164 Å². The lowest BCUT2D eigenvalue weighted by molar-refractivity contribution is 0.601. The highest BCUT2D eigenvalue weighted by Gasteiger charge is 2.20. The lowest BCUT2D eigenvalue weighted by atomic mass is 9.83. The quantitative estimate of drug-likeness (QED) is 0.150. The van der Waals surface area contributed by atoms with Gasteiger partial charge in [-0.3, -0.25) is 0 Å². The Morgan fingerprint density at radius 2 is 1.09 bits per heavy atom. The summed E-state index contributed by atoms with van der Waals surface area (Å²) in [6.45, 7) is 5.93. The molecule has 0 spiro atoms. The van der Waals surface area contributed by atoms with Gasteiger partial charge in [-0.15, -0.1) is 0 Å².